The minimum atomic E-state index is -0.509. The Morgan fingerprint density at radius 3 is 2.44 bits per heavy atom. The second-order valence-corrected chi connectivity index (χ2v) is 8.71. The summed E-state index contributed by atoms with van der Waals surface area (Å²) in [7, 11) is 0. The lowest BCUT2D eigenvalue weighted by Gasteiger charge is -2.14. The number of carbonyl (C=O) groups is 2. The Morgan fingerprint density at radius 1 is 1.06 bits per heavy atom. The van der Waals surface area contributed by atoms with Gasteiger partial charge in [0.2, 0.25) is 0 Å². The number of ether oxygens (including phenoxy) is 1. The van der Waals surface area contributed by atoms with E-state index in [1.807, 2.05) is 18.2 Å². The van der Waals surface area contributed by atoms with Gasteiger partial charge >= 0.3 is 0 Å². The van der Waals surface area contributed by atoms with Gasteiger partial charge in [0, 0.05) is 23.4 Å². The highest BCUT2D eigenvalue weighted by Gasteiger charge is 2.33. The minimum absolute atomic E-state index is 0.0767. The topological polar surface area (TPSA) is 102 Å². The number of non-ortho nitro benzene ring substituents is 1. The molecule has 4 rings (SSSR count). The molecule has 0 radical (unpaired) electrons. The molecule has 1 fully saturated rings. The molecule has 8 nitrogen and oxygen atoms in total. The van der Waals surface area contributed by atoms with Gasteiger partial charge in [0.15, 0.2) is 10.9 Å². The van der Waals surface area contributed by atoms with E-state index < -0.39 is 4.92 Å². The van der Waals surface area contributed by atoms with Gasteiger partial charge in [-0.2, -0.15) is 0 Å². The van der Waals surface area contributed by atoms with Gasteiger partial charge in [0.25, 0.3) is 17.5 Å². The lowest BCUT2D eigenvalue weighted by atomic mass is 10.2. The number of anilines is 2. The van der Waals surface area contributed by atoms with Crippen LogP contribution in [0.2, 0.25) is 0 Å². The van der Waals surface area contributed by atoms with Gasteiger partial charge in [-0.3, -0.25) is 24.6 Å². The van der Waals surface area contributed by atoms with Crippen molar-refractivity contribution in [2.45, 2.75) is 0 Å². The van der Waals surface area contributed by atoms with Crippen LogP contribution in [0, 0.1) is 10.1 Å². The number of thiocarbonyl (C=S) groups is 1. The quantitative estimate of drug-likeness (QED) is 0.214. The number of hydrogen-bond donors (Lipinski definition) is 1. The van der Waals surface area contributed by atoms with Crippen molar-refractivity contribution in [2.24, 2.45) is 0 Å². The highest BCUT2D eigenvalue weighted by atomic mass is 32.2. The second kappa shape index (κ2) is 10.3. The van der Waals surface area contributed by atoms with Gasteiger partial charge in [0.05, 0.1) is 15.5 Å². The summed E-state index contributed by atoms with van der Waals surface area (Å²) in [5.41, 5.74) is 1.64. The molecule has 1 heterocycles. The number of nitro benzene ring substituents is 1. The number of nitro groups is 1. The fourth-order valence-corrected chi connectivity index (χ4v) is 4.44. The molecule has 0 unspecified atom stereocenters. The molecule has 0 aliphatic carbocycles. The molecular formula is C24H17N3O5S2. The van der Waals surface area contributed by atoms with Crippen LogP contribution in [-0.2, 0) is 9.59 Å². The summed E-state index contributed by atoms with van der Waals surface area (Å²) >= 11 is 6.48. The zero-order valence-corrected chi connectivity index (χ0v) is 19.2. The van der Waals surface area contributed by atoms with Gasteiger partial charge in [-0.15, -0.1) is 0 Å². The van der Waals surface area contributed by atoms with Crippen molar-refractivity contribution in [1.82, 2.24) is 0 Å². The van der Waals surface area contributed by atoms with E-state index in [0.29, 0.717) is 31.9 Å². The third-order valence-electron chi connectivity index (χ3n) is 4.73. The summed E-state index contributed by atoms with van der Waals surface area (Å²) in [4.78, 5) is 37.3. The number of carbonyl (C=O) groups excluding carboxylic acids is 2. The summed E-state index contributed by atoms with van der Waals surface area (Å²) < 4.78 is 6.01. The maximum Gasteiger partial charge on any atom is 0.270 e. The first kappa shape index (κ1) is 23.1. The van der Waals surface area contributed by atoms with E-state index in [1.165, 1.54) is 29.2 Å². The molecule has 0 bridgehead atoms. The predicted octanol–water partition coefficient (Wildman–Crippen LogP) is 5.02. The van der Waals surface area contributed by atoms with Crippen LogP contribution in [0.5, 0.6) is 5.75 Å². The Kier molecular flexibility index (Phi) is 7.00. The number of nitrogens with zero attached hydrogens (tertiary/aromatic N) is 2. The molecule has 34 heavy (non-hydrogen) atoms. The van der Waals surface area contributed by atoms with Crippen molar-refractivity contribution in [2.75, 3.05) is 16.8 Å². The molecule has 10 heteroatoms. The molecule has 1 saturated heterocycles. The zero-order chi connectivity index (χ0) is 24.1. The molecule has 1 aliphatic rings. The van der Waals surface area contributed by atoms with Crippen molar-refractivity contribution in [1.29, 1.82) is 0 Å². The molecule has 0 atom stereocenters. The van der Waals surface area contributed by atoms with Crippen LogP contribution in [-0.4, -0.2) is 27.7 Å². The highest BCUT2D eigenvalue weighted by Crippen LogP contribution is 2.37. The third-order valence-corrected chi connectivity index (χ3v) is 6.04. The third kappa shape index (κ3) is 5.30. The standard InChI is InChI=1S/C24H17N3O5S2/c28-22(25-17-7-2-1-3-8-17)15-32-20-9-5-4-6-16(20)14-21-23(29)26(24(33)34-21)18-10-12-19(13-11-18)27(30)31/h1-14H,15H2,(H,25,28)/b21-14-. The van der Waals surface area contributed by atoms with E-state index in [1.54, 1.807) is 42.5 Å². The van der Waals surface area contributed by atoms with Crippen molar-refractivity contribution in [3.8, 4) is 5.75 Å². The Balaban J connectivity index is 1.48. The Hall–Kier alpha value is -4.02. The number of para-hydroxylation sites is 2. The lowest BCUT2D eigenvalue weighted by Crippen LogP contribution is -2.27. The monoisotopic (exact) mass is 491 g/mol. The first-order chi connectivity index (χ1) is 16.4. The fraction of sp³-hybridized carbons (Fsp3) is 0.0417. The Labute approximate surface area is 204 Å². The lowest BCUT2D eigenvalue weighted by molar-refractivity contribution is -0.384. The first-order valence-corrected chi connectivity index (χ1v) is 11.2. The summed E-state index contributed by atoms with van der Waals surface area (Å²) in [5, 5.41) is 13.6. The average Bonchev–Trinajstić information content (AvgIpc) is 3.11. The zero-order valence-electron chi connectivity index (χ0n) is 17.5. The first-order valence-electron chi connectivity index (χ1n) is 10.0. The molecule has 3 aromatic carbocycles. The van der Waals surface area contributed by atoms with Crippen LogP contribution in [0.15, 0.2) is 83.8 Å². The molecular weight excluding hydrogens is 474 g/mol. The fourth-order valence-electron chi connectivity index (χ4n) is 3.15. The molecule has 2 amide bonds. The van der Waals surface area contributed by atoms with Crippen LogP contribution in [0.25, 0.3) is 6.08 Å². The van der Waals surface area contributed by atoms with Gasteiger partial charge in [-0.05, 0) is 36.4 Å². The van der Waals surface area contributed by atoms with Crippen molar-refractivity contribution >= 4 is 63.3 Å². The SMILES string of the molecule is O=C(COc1ccccc1/C=C1\SC(=S)N(c2ccc([N+](=O)[O-])cc2)C1=O)Nc1ccccc1. The van der Waals surface area contributed by atoms with E-state index in [0.717, 1.165) is 11.8 Å². The van der Waals surface area contributed by atoms with E-state index >= 15 is 0 Å². The molecule has 0 aromatic heterocycles. The highest BCUT2D eigenvalue weighted by molar-refractivity contribution is 8.27. The Bertz CT molecular complexity index is 1290. The molecule has 0 saturated carbocycles. The molecule has 1 N–H and O–H groups in total. The van der Waals surface area contributed by atoms with Crippen molar-refractivity contribution in [3.63, 3.8) is 0 Å². The summed E-state index contributed by atoms with van der Waals surface area (Å²) in [5.74, 6) is -0.225. The number of nitrogens with one attached hydrogen (secondary N) is 1. The normalized spacial score (nSPS) is 14.4. The van der Waals surface area contributed by atoms with Gasteiger partial charge in [0.1, 0.15) is 5.75 Å². The van der Waals surface area contributed by atoms with E-state index in [4.69, 9.17) is 17.0 Å². The molecule has 3 aromatic rings. The number of benzene rings is 3. The smallest absolute Gasteiger partial charge is 0.270 e. The summed E-state index contributed by atoms with van der Waals surface area (Å²) in [6.07, 6.45) is 1.65. The molecule has 1 aliphatic heterocycles. The van der Waals surface area contributed by atoms with E-state index in [2.05, 4.69) is 5.32 Å². The summed E-state index contributed by atoms with van der Waals surface area (Å²) in [6.45, 7) is -0.205. The number of amides is 2. The van der Waals surface area contributed by atoms with Crippen LogP contribution in [0.1, 0.15) is 5.56 Å². The van der Waals surface area contributed by atoms with E-state index in [-0.39, 0.29) is 24.1 Å². The van der Waals surface area contributed by atoms with Gasteiger partial charge < -0.3 is 10.1 Å². The number of thioether (sulfide) groups is 1. The van der Waals surface area contributed by atoms with Crippen molar-refractivity contribution < 1.29 is 19.2 Å². The molecule has 0 spiro atoms. The number of hydrogen-bond acceptors (Lipinski definition) is 7. The van der Waals surface area contributed by atoms with Crippen molar-refractivity contribution in [3.05, 3.63) is 99.4 Å². The van der Waals surface area contributed by atoms with E-state index in [9.17, 15) is 19.7 Å². The maximum absolute atomic E-state index is 13.0. The van der Waals surface area contributed by atoms with Crippen LogP contribution in [0.4, 0.5) is 17.1 Å². The van der Waals surface area contributed by atoms with Crippen LogP contribution in [0.3, 0.4) is 0 Å². The van der Waals surface area contributed by atoms with Crippen LogP contribution < -0.4 is 15.0 Å². The second-order valence-electron chi connectivity index (χ2n) is 7.03. The molecule has 170 valence electrons. The maximum atomic E-state index is 13.0. The average molecular weight is 492 g/mol. The van der Waals surface area contributed by atoms with Crippen LogP contribution >= 0.6 is 24.0 Å². The predicted molar refractivity (Wildman–Crippen MR) is 136 cm³/mol. The van der Waals surface area contributed by atoms with Gasteiger partial charge in [-0.25, -0.2) is 0 Å². The minimum Gasteiger partial charge on any atom is -0.483 e. The largest absolute Gasteiger partial charge is 0.483 e. The number of rotatable bonds is 7. The Morgan fingerprint density at radius 2 is 1.74 bits per heavy atom. The van der Waals surface area contributed by atoms with Gasteiger partial charge in [-0.1, -0.05) is 60.4 Å². The summed E-state index contributed by atoms with van der Waals surface area (Å²) in [6, 6.07) is 21.7.